The molecule has 7 nitrogen and oxygen atoms in total. The third kappa shape index (κ3) is 4.60. The Balaban J connectivity index is 1.43. The number of hydrogen-bond acceptors (Lipinski definition) is 6. The molecule has 1 aromatic heterocycles. The lowest BCUT2D eigenvalue weighted by molar-refractivity contribution is -0.119. The summed E-state index contributed by atoms with van der Waals surface area (Å²) in [4.78, 5) is 12.5. The van der Waals surface area contributed by atoms with Crippen molar-refractivity contribution in [2.75, 3.05) is 19.0 Å². The fourth-order valence-electron chi connectivity index (χ4n) is 4.13. The maximum absolute atomic E-state index is 12.5. The Morgan fingerprint density at radius 1 is 1.00 bits per heavy atom. The molecule has 0 atom stereocenters. The van der Waals surface area contributed by atoms with Crippen molar-refractivity contribution in [3.8, 4) is 28.6 Å². The van der Waals surface area contributed by atoms with E-state index in [1.807, 2.05) is 53.1 Å². The van der Waals surface area contributed by atoms with Gasteiger partial charge >= 0.3 is 0 Å². The van der Waals surface area contributed by atoms with E-state index in [2.05, 4.69) is 15.5 Å². The number of aromatic nitrogens is 3. The Hall–Kier alpha value is -3.00. The highest BCUT2D eigenvalue weighted by Gasteiger charge is 2.21. The van der Waals surface area contributed by atoms with E-state index in [9.17, 15) is 4.79 Å². The van der Waals surface area contributed by atoms with Crippen LogP contribution in [0.15, 0.2) is 53.7 Å². The summed E-state index contributed by atoms with van der Waals surface area (Å²) in [6.07, 6.45) is 5.39. The zero-order valence-corrected chi connectivity index (χ0v) is 18.6. The molecule has 2 heterocycles. The van der Waals surface area contributed by atoms with Gasteiger partial charge in [0.05, 0.1) is 19.0 Å². The van der Waals surface area contributed by atoms with E-state index >= 15 is 0 Å². The summed E-state index contributed by atoms with van der Waals surface area (Å²) in [6.45, 7) is 1.27. The number of amides is 1. The molecule has 8 heteroatoms. The van der Waals surface area contributed by atoms with Crippen LogP contribution in [0.4, 0.5) is 0 Å². The number of hydrogen-bond donors (Lipinski definition) is 1. The Morgan fingerprint density at radius 2 is 1.78 bits per heavy atom. The quantitative estimate of drug-likeness (QED) is 0.566. The van der Waals surface area contributed by atoms with E-state index < -0.39 is 0 Å². The Morgan fingerprint density at radius 3 is 2.59 bits per heavy atom. The lowest BCUT2D eigenvalue weighted by Crippen LogP contribution is -2.33. The number of para-hydroxylation sites is 1. The average Bonchev–Trinajstić information content (AvgIpc) is 3.42. The minimum atomic E-state index is 0.0432. The van der Waals surface area contributed by atoms with Gasteiger partial charge in [-0.15, -0.1) is 10.2 Å². The third-order valence-corrected chi connectivity index (χ3v) is 6.64. The second-order valence-corrected chi connectivity index (χ2v) is 8.97. The number of thioether (sulfide) groups is 1. The molecule has 0 bridgehead atoms. The Labute approximate surface area is 191 Å². The monoisotopic (exact) mass is 450 g/mol. The smallest absolute Gasteiger partial charge is 0.230 e. The predicted molar refractivity (Wildman–Crippen MR) is 124 cm³/mol. The van der Waals surface area contributed by atoms with Crippen molar-refractivity contribution in [1.82, 2.24) is 20.1 Å². The van der Waals surface area contributed by atoms with Crippen molar-refractivity contribution in [2.24, 2.45) is 0 Å². The molecule has 0 unspecified atom stereocenters. The van der Waals surface area contributed by atoms with E-state index in [1.165, 1.54) is 24.6 Å². The first-order valence-electron chi connectivity index (χ1n) is 11.1. The van der Waals surface area contributed by atoms with Crippen molar-refractivity contribution < 1.29 is 14.3 Å². The van der Waals surface area contributed by atoms with E-state index in [4.69, 9.17) is 9.47 Å². The van der Waals surface area contributed by atoms with Crippen LogP contribution in [-0.2, 0) is 4.79 Å². The molecule has 1 aliphatic carbocycles. The summed E-state index contributed by atoms with van der Waals surface area (Å²) in [5.41, 5.74) is 1.83. The minimum Gasteiger partial charge on any atom is -0.490 e. The number of rotatable bonds is 6. The van der Waals surface area contributed by atoms with Crippen LogP contribution < -0.4 is 14.8 Å². The number of ether oxygens (including phenoxy) is 2. The van der Waals surface area contributed by atoms with Crippen LogP contribution >= 0.6 is 11.8 Å². The molecule has 0 radical (unpaired) electrons. The van der Waals surface area contributed by atoms with Gasteiger partial charge in [-0.2, -0.15) is 0 Å². The highest BCUT2D eigenvalue weighted by Crippen LogP contribution is 2.35. The molecule has 1 saturated carbocycles. The number of nitrogens with zero attached hydrogens (tertiary/aromatic N) is 3. The van der Waals surface area contributed by atoms with Gasteiger partial charge in [-0.3, -0.25) is 9.36 Å². The number of fused-ring (bicyclic) bond motifs is 1. The molecule has 1 fully saturated rings. The SMILES string of the molecule is O=C(CSc1nnc(-c2ccc3c(c2)OCCCO3)n1-c1ccccc1)NC1CCCC1. The zero-order chi connectivity index (χ0) is 21.8. The van der Waals surface area contributed by atoms with Gasteiger partial charge in [-0.25, -0.2) is 0 Å². The maximum atomic E-state index is 12.5. The second kappa shape index (κ2) is 9.65. The fourth-order valence-corrected chi connectivity index (χ4v) is 4.90. The standard InChI is InChI=1S/C24H26N4O3S/c29-22(25-18-7-4-5-8-18)16-32-24-27-26-23(28(24)19-9-2-1-3-10-19)17-11-12-20-21(15-17)31-14-6-13-30-20/h1-3,9-12,15,18H,4-8,13-14,16H2,(H,25,29). The van der Waals surface area contributed by atoms with Gasteiger partial charge in [-0.05, 0) is 43.2 Å². The first-order chi connectivity index (χ1) is 15.8. The van der Waals surface area contributed by atoms with E-state index in [0.717, 1.165) is 36.3 Å². The summed E-state index contributed by atoms with van der Waals surface area (Å²) in [6, 6.07) is 16.1. The van der Waals surface area contributed by atoms with E-state index in [1.54, 1.807) is 0 Å². The number of carbonyl (C=O) groups excluding carboxylic acids is 1. The van der Waals surface area contributed by atoms with E-state index in [-0.39, 0.29) is 5.91 Å². The molecule has 32 heavy (non-hydrogen) atoms. The van der Waals surface area contributed by atoms with Crippen molar-refractivity contribution in [2.45, 2.75) is 43.3 Å². The third-order valence-electron chi connectivity index (χ3n) is 5.71. The molecule has 3 aromatic rings. The summed E-state index contributed by atoms with van der Waals surface area (Å²) < 4.78 is 13.6. The van der Waals surface area contributed by atoms with Crippen LogP contribution in [0.2, 0.25) is 0 Å². The van der Waals surface area contributed by atoms with Crippen molar-refractivity contribution in [3.05, 3.63) is 48.5 Å². The van der Waals surface area contributed by atoms with Crippen LogP contribution in [-0.4, -0.2) is 45.7 Å². The molecule has 1 aliphatic heterocycles. The minimum absolute atomic E-state index is 0.0432. The first kappa shape index (κ1) is 20.9. The van der Waals surface area contributed by atoms with Gasteiger partial charge < -0.3 is 14.8 Å². The normalized spacial score (nSPS) is 16.0. The molecule has 166 valence electrons. The molecular formula is C24H26N4O3S. The van der Waals surface area contributed by atoms with E-state index in [0.29, 0.717) is 41.7 Å². The largest absolute Gasteiger partial charge is 0.490 e. The highest BCUT2D eigenvalue weighted by atomic mass is 32.2. The Kier molecular flexibility index (Phi) is 6.29. The topological polar surface area (TPSA) is 78.3 Å². The maximum Gasteiger partial charge on any atom is 0.230 e. The van der Waals surface area contributed by atoms with Gasteiger partial charge in [0, 0.05) is 23.7 Å². The first-order valence-corrected chi connectivity index (χ1v) is 12.1. The van der Waals surface area contributed by atoms with Gasteiger partial charge in [0.1, 0.15) is 0 Å². The highest BCUT2D eigenvalue weighted by molar-refractivity contribution is 7.99. The van der Waals surface area contributed by atoms with Crippen molar-refractivity contribution >= 4 is 17.7 Å². The Bertz CT molecular complexity index is 1080. The average molecular weight is 451 g/mol. The molecule has 2 aliphatic rings. The summed E-state index contributed by atoms with van der Waals surface area (Å²) >= 11 is 1.40. The zero-order valence-electron chi connectivity index (χ0n) is 17.8. The van der Waals surface area contributed by atoms with Crippen LogP contribution in [0, 0.1) is 0 Å². The molecule has 0 spiro atoms. The summed E-state index contributed by atoms with van der Waals surface area (Å²) in [5, 5.41) is 12.7. The molecule has 1 amide bonds. The van der Waals surface area contributed by atoms with Gasteiger partial charge in [0.2, 0.25) is 5.91 Å². The number of carbonyl (C=O) groups is 1. The van der Waals surface area contributed by atoms with Gasteiger partial charge in [-0.1, -0.05) is 42.8 Å². The van der Waals surface area contributed by atoms with Crippen molar-refractivity contribution in [3.63, 3.8) is 0 Å². The van der Waals surface area contributed by atoms with Crippen LogP contribution in [0.25, 0.3) is 17.1 Å². The fraction of sp³-hybridized carbons (Fsp3) is 0.375. The molecule has 2 aromatic carbocycles. The predicted octanol–water partition coefficient (Wildman–Crippen LogP) is 4.25. The van der Waals surface area contributed by atoms with Crippen LogP contribution in [0.3, 0.4) is 0 Å². The second-order valence-electron chi connectivity index (χ2n) is 8.03. The lowest BCUT2D eigenvalue weighted by Gasteiger charge is -2.13. The molecule has 0 saturated heterocycles. The lowest BCUT2D eigenvalue weighted by atomic mass is 10.2. The van der Waals surface area contributed by atoms with Gasteiger partial charge in [0.15, 0.2) is 22.5 Å². The van der Waals surface area contributed by atoms with Crippen molar-refractivity contribution in [1.29, 1.82) is 0 Å². The summed E-state index contributed by atoms with van der Waals surface area (Å²) in [5.74, 6) is 2.51. The van der Waals surface area contributed by atoms with Gasteiger partial charge in [0.25, 0.3) is 0 Å². The molecule has 1 N–H and O–H groups in total. The number of benzene rings is 2. The van der Waals surface area contributed by atoms with Crippen LogP contribution in [0.1, 0.15) is 32.1 Å². The molecule has 5 rings (SSSR count). The van der Waals surface area contributed by atoms with Crippen LogP contribution in [0.5, 0.6) is 11.5 Å². The molecular weight excluding hydrogens is 424 g/mol. The number of nitrogens with one attached hydrogen (secondary N) is 1. The summed E-state index contributed by atoms with van der Waals surface area (Å²) in [7, 11) is 0.